The molecule has 0 heterocycles. The Labute approximate surface area is 194 Å². The maximum absolute atomic E-state index is 4.71. The molecule has 12 nitrogen and oxygen atoms in total. The van der Waals surface area contributed by atoms with Crippen molar-refractivity contribution in [1.82, 2.24) is 0 Å². The van der Waals surface area contributed by atoms with Crippen LogP contribution in [-0.2, 0) is 74.7 Å². The summed E-state index contributed by atoms with van der Waals surface area (Å²) in [5, 5.41) is 0. The zero-order valence-electron chi connectivity index (χ0n) is 19.2. The van der Waals surface area contributed by atoms with Crippen LogP contribution < -0.4 is 0 Å². The molecule has 0 aliphatic carbocycles. The molecule has 0 aliphatic rings. The third-order valence-electron chi connectivity index (χ3n) is 2.00. The average Bonchev–Trinajstić information content (AvgIpc) is 2.75. The van der Waals surface area contributed by atoms with Crippen LogP contribution in [0.1, 0.15) is 0 Å². The van der Waals surface area contributed by atoms with Gasteiger partial charge >= 0.3 is 34.4 Å². The molecule has 17 heteroatoms. The van der Waals surface area contributed by atoms with Gasteiger partial charge in [-0.2, -0.15) is 54.3 Å². The number of rotatable bonds is 12. The summed E-state index contributed by atoms with van der Waals surface area (Å²) in [6.45, 7) is 0. The van der Waals surface area contributed by atoms with E-state index in [-0.39, 0.29) is 20.4 Å². The van der Waals surface area contributed by atoms with E-state index < -0.39 is 34.4 Å². The molecule has 0 saturated heterocycles. The first kappa shape index (κ1) is 41.2. The van der Waals surface area contributed by atoms with Crippen molar-refractivity contribution in [2.24, 2.45) is 0 Å². The van der Waals surface area contributed by atoms with E-state index in [1.165, 1.54) is 0 Å². The van der Waals surface area contributed by atoms with Crippen molar-refractivity contribution in [2.75, 3.05) is 85.3 Å². The Balaban J connectivity index is -0.0000000873. The van der Waals surface area contributed by atoms with E-state index >= 15 is 0 Å². The summed E-state index contributed by atoms with van der Waals surface area (Å²) in [5.74, 6) is 0. The van der Waals surface area contributed by atoms with Crippen LogP contribution >= 0.6 is 34.4 Å². The minimum Gasteiger partial charge on any atom is -0.183 e. The normalized spacial score (nSPS) is 9.93. The maximum atomic E-state index is 4.71. The second-order valence-electron chi connectivity index (χ2n) is 3.45. The third kappa shape index (κ3) is 34.7. The zero-order chi connectivity index (χ0) is 22.8. The van der Waals surface area contributed by atoms with E-state index in [9.17, 15) is 0 Å². The summed E-state index contributed by atoms with van der Waals surface area (Å²) < 4.78 is 56.5. The predicted molar refractivity (Wildman–Crippen MR) is 117 cm³/mol. The number of hydrogen-bond donors (Lipinski definition) is 0. The van der Waals surface area contributed by atoms with Gasteiger partial charge in [0.05, 0.1) is 85.3 Å². The van der Waals surface area contributed by atoms with Crippen LogP contribution in [0, 0.1) is 0 Å². The molecule has 0 unspecified atom stereocenters. The SMILES string of the molecule is CO[PH+](OC)OC.CO[PH+](OC)OC.CO[PH+](OC)OC.CO[PH+](OC)OC.[Pd]. The molecule has 0 radical (unpaired) electrons. The van der Waals surface area contributed by atoms with Gasteiger partial charge in [0.2, 0.25) is 0 Å². The minimum atomic E-state index is -1.36. The van der Waals surface area contributed by atoms with E-state index in [2.05, 4.69) is 0 Å². The van der Waals surface area contributed by atoms with Gasteiger partial charge in [-0.3, -0.25) is 0 Å². The van der Waals surface area contributed by atoms with Crippen molar-refractivity contribution in [3.8, 4) is 0 Å². The quantitative estimate of drug-likeness (QED) is 0.239. The molecule has 29 heavy (non-hydrogen) atoms. The molecule has 0 aliphatic heterocycles. The van der Waals surface area contributed by atoms with Crippen molar-refractivity contribution >= 4 is 34.4 Å². The molecular weight excluding hydrogens is 566 g/mol. The van der Waals surface area contributed by atoms with Gasteiger partial charge in [-0.25, -0.2) is 0 Å². The molecule has 0 aromatic rings. The van der Waals surface area contributed by atoms with Gasteiger partial charge in [0.1, 0.15) is 0 Å². The van der Waals surface area contributed by atoms with Gasteiger partial charge < -0.3 is 0 Å². The third-order valence-corrected chi connectivity index (χ3v) is 6.00. The molecule has 0 N–H and O–H groups in total. The van der Waals surface area contributed by atoms with Crippen molar-refractivity contribution in [3.63, 3.8) is 0 Å². The molecule has 0 fully saturated rings. The molecule has 0 amide bonds. The van der Waals surface area contributed by atoms with Crippen molar-refractivity contribution in [1.29, 1.82) is 0 Å². The molecule has 186 valence electrons. The summed E-state index contributed by atoms with van der Waals surface area (Å²) in [6.07, 6.45) is 0. The van der Waals surface area contributed by atoms with Gasteiger partial charge in [0.15, 0.2) is 0 Å². The predicted octanol–water partition coefficient (Wildman–Crippen LogP) is 3.54. The monoisotopic (exact) mass is 606 g/mol. The van der Waals surface area contributed by atoms with Crippen molar-refractivity contribution in [2.45, 2.75) is 0 Å². The first-order chi connectivity index (χ1) is 13.4. The molecule has 0 saturated carbocycles. The maximum Gasteiger partial charge on any atom is 0.397 e. The van der Waals surface area contributed by atoms with E-state index in [0.717, 1.165) is 0 Å². The van der Waals surface area contributed by atoms with E-state index in [1.807, 2.05) is 0 Å². The van der Waals surface area contributed by atoms with Crippen LogP contribution in [-0.4, -0.2) is 85.3 Å². The summed E-state index contributed by atoms with van der Waals surface area (Å²) in [6, 6.07) is 0. The Kier molecular flexibility index (Phi) is 52.9. The Bertz CT molecular complexity index is 181. The molecule has 0 spiro atoms. The molecular formula is C12H40O12P4Pd+4. The Morgan fingerprint density at radius 2 is 0.310 bits per heavy atom. The smallest absolute Gasteiger partial charge is 0.183 e. The van der Waals surface area contributed by atoms with Crippen LogP contribution in [0.4, 0.5) is 0 Å². The van der Waals surface area contributed by atoms with Gasteiger partial charge in [-0.1, -0.05) is 0 Å². The second kappa shape index (κ2) is 37.2. The number of hydrogen-bond acceptors (Lipinski definition) is 12. The van der Waals surface area contributed by atoms with Crippen LogP contribution in [0.2, 0.25) is 0 Å². The summed E-state index contributed by atoms with van der Waals surface area (Å²) >= 11 is 0. The van der Waals surface area contributed by atoms with Crippen LogP contribution in [0.15, 0.2) is 0 Å². The van der Waals surface area contributed by atoms with Gasteiger partial charge in [-0.05, 0) is 0 Å². The fraction of sp³-hybridized carbons (Fsp3) is 1.00. The topological polar surface area (TPSA) is 111 Å². The zero-order valence-corrected chi connectivity index (χ0v) is 24.8. The van der Waals surface area contributed by atoms with E-state index in [0.29, 0.717) is 0 Å². The van der Waals surface area contributed by atoms with Crippen LogP contribution in [0.5, 0.6) is 0 Å². The Morgan fingerprint density at radius 1 is 0.241 bits per heavy atom. The fourth-order valence-corrected chi connectivity index (χ4v) is 3.00. The van der Waals surface area contributed by atoms with E-state index in [4.69, 9.17) is 54.3 Å². The van der Waals surface area contributed by atoms with Gasteiger partial charge in [0, 0.05) is 20.4 Å². The molecule has 0 rings (SSSR count). The average molecular weight is 607 g/mol. The summed E-state index contributed by atoms with van der Waals surface area (Å²) in [5.41, 5.74) is 0. The molecule has 0 aromatic heterocycles. The summed E-state index contributed by atoms with van der Waals surface area (Å²) in [7, 11) is 13.2. The van der Waals surface area contributed by atoms with Crippen molar-refractivity contribution < 1.29 is 74.7 Å². The molecule has 0 bridgehead atoms. The minimum absolute atomic E-state index is 0. The van der Waals surface area contributed by atoms with Crippen LogP contribution in [0.3, 0.4) is 0 Å². The first-order valence-corrected chi connectivity index (χ1v) is 12.2. The molecule has 0 atom stereocenters. The Morgan fingerprint density at radius 3 is 0.310 bits per heavy atom. The van der Waals surface area contributed by atoms with Gasteiger partial charge in [0.25, 0.3) is 0 Å². The standard InChI is InChI=1S/4C3H10O3P.Pd/c4*1-4-7(5-2)6-3;/h4*7H,1-3H3;/q4*+1;. The Hall–Kier alpha value is 1.90. The fourth-order valence-electron chi connectivity index (χ4n) is 1.00. The summed E-state index contributed by atoms with van der Waals surface area (Å²) in [4.78, 5) is 0. The first-order valence-electron chi connectivity index (χ1n) is 7.35. The van der Waals surface area contributed by atoms with Crippen LogP contribution in [0.25, 0.3) is 0 Å². The van der Waals surface area contributed by atoms with Gasteiger partial charge in [-0.15, -0.1) is 0 Å². The molecule has 0 aromatic carbocycles. The largest absolute Gasteiger partial charge is 0.397 e. The van der Waals surface area contributed by atoms with E-state index in [1.54, 1.807) is 85.3 Å². The second-order valence-corrected chi connectivity index (χ2v) is 10.3. The van der Waals surface area contributed by atoms with Crippen molar-refractivity contribution in [3.05, 3.63) is 0 Å².